The van der Waals surface area contributed by atoms with Crippen molar-refractivity contribution in [3.8, 4) is 6.07 Å². The van der Waals surface area contributed by atoms with Crippen molar-refractivity contribution < 1.29 is 9.53 Å². The SMILES string of the molecule is COC(=O)C1CCCN(Cc2ccc(C#N)cc2C)C1. The van der Waals surface area contributed by atoms with Gasteiger partial charge in [0.2, 0.25) is 0 Å². The second-order valence-electron chi connectivity index (χ2n) is 5.35. The van der Waals surface area contributed by atoms with Crippen LogP contribution in [0.1, 0.15) is 29.5 Å². The lowest BCUT2D eigenvalue weighted by Gasteiger charge is -2.31. The van der Waals surface area contributed by atoms with E-state index in [4.69, 9.17) is 10.00 Å². The molecular formula is C16H20N2O2. The van der Waals surface area contributed by atoms with Crippen molar-refractivity contribution in [2.75, 3.05) is 20.2 Å². The number of nitriles is 1. The molecule has 20 heavy (non-hydrogen) atoms. The summed E-state index contributed by atoms with van der Waals surface area (Å²) in [4.78, 5) is 13.9. The number of carbonyl (C=O) groups excluding carboxylic acids is 1. The fourth-order valence-corrected chi connectivity index (χ4v) is 2.74. The van der Waals surface area contributed by atoms with Crippen LogP contribution in [0.5, 0.6) is 0 Å². The molecule has 0 spiro atoms. The van der Waals surface area contributed by atoms with Crippen LogP contribution < -0.4 is 0 Å². The van der Waals surface area contributed by atoms with E-state index in [0.717, 1.165) is 38.0 Å². The van der Waals surface area contributed by atoms with Gasteiger partial charge in [-0.15, -0.1) is 0 Å². The Balaban J connectivity index is 2.03. The summed E-state index contributed by atoms with van der Waals surface area (Å²) < 4.78 is 4.84. The van der Waals surface area contributed by atoms with E-state index in [9.17, 15) is 4.79 Å². The van der Waals surface area contributed by atoms with Crippen LogP contribution in [0.2, 0.25) is 0 Å². The highest BCUT2D eigenvalue weighted by atomic mass is 16.5. The highest BCUT2D eigenvalue weighted by molar-refractivity contribution is 5.72. The van der Waals surface area contributed by atoms with E-state index in [2.05, 4.69) is 11.0 Å². The number of piperidine rings is 1. The predicted octanol–water partition coefficient (Wildman–Crippen LogP) is 2.25. The molecule has 0 radical (unpaired) electrons. The molecule has 4 nitrogen and oxygen atoms in total. The molecule has 1 aliphatic rings. The van der Waals surface area contributed by atoms with Gasteiger partial charge in [-0.3, -0.25) is 9.69 Å². The van der Waals surface area contributed by atoms with Crippen LogP contribution in [-0.2, 0) is 16.1 Å². The van der Waals surface area contributed by atoms with Crippen molar-refractivity contribution in [3.63, 3.8) is 0 Å². The van der Waals surface area contributed by atoms with Crippen LogP contribution in [0.4, 0.5) is 0 Å². The van der Waals surface area contributed by atoms with Crippen LogP contribution in [0.15, 0.2) is 18.2 Å². The summed E-state index contributed by atoms with van der Waals surface area (Å²) in [6, 6.07) is 7.93. The third-order valence-corrected chi connectivity index (χ3v) is 3.91. The Morgan fingerprint density at radius 2 is 2.35 bits per heavy atom. The van der Waals surface area contributed by atoms with Crippen molar-refractivity contribution in [3.05, 3.63) is 34.9 Å². The molecule has 1 atom stereocenters. The number of hydrogen-bond donors (Lipinski definition) is 0. The molecule has 0 amide bonds. The lowest BCUT2D eigenvalue weighted by atomic mass is 9.97. The van der Waals surface area contributed by atoms with E-state index in [1.54, 1.807) is 0 Å². The van der Waals surface area contributed by atoms with Gasteiger partial charge in [0.25, 0.3) is 0 Å². The Morgan fingerprint density at radius 3 is 3.00 bits per heavy atom. The average Bonchev–Trinajstić information content (AvgIpc) is 2.48. The zero-order valence-corrected chi connectivity index (χ0v) is 12.1. The predicted molar refractivity (Wildman–Crippen MR) is 75.9 cm³/mol. The average molecular weight is 272 g/mol. The monoisotopic (exact) mass is 272 g/mol. The van der Waals surface area contributed by atoms with E-state index >= 15 is 0 Å². The molecule has 106 valence electrons. The van der Waals surface area contributed by atoms with Crippen LogP contribution in [0.3, 0.4) is 0 Å². The van der Waals surface area contributed by atoms with Crippen molar-refractivity contribution in [1.82, 2.24) is 4.90 Å². The Bertz CT molecular complexity index is 534. The van der Waals surface area contributed by atoms with E-state index in [1.807, 2.05) is 25.1 Å². The van der Waals surface area contributed by atoms with Gasteiger partial charge in [-0.05, 0) is 49.6 Å². The molecule has 1 aromatic carbocycles. The van der Waals surface area contributed by atoms with E-state index in [-0.39, 0.29) is 11.9 Å². The Hall–Kier alpha value is -1.86. The number of aryl methyl sites for hydroxylation is 1. The smallest absolute Gasteiger partial charge is 0.309 e. The summed E-state index contributed by atoms with van der Waals surface area (Å²) in [6.45, 7) is 4.61. The van der Waals surface area contributed by atoms with Crippen LogP contribution in [0, 0.1) is 24.2 Å². The maximum atomic E-state index is 11.6. The fourth-order valence-electron chi connectivity index (χ4n) is 2.74. The normalized spacial score (nSPS) is 19.4. The molecule has 1 unspecified atom stereocenters. The molecule has 4 heteroatoms. The van der Waals surface area contributed by atoms with Crippen molar-refractivity contribution in [2.45, 2.75) is 26.3 Å². The molecule has 0 aliphatic carbocycles. The third kappa shape index (κ3) is 3.37. The summed E-state index contributed by atoms with van der Waals surface area (Å²) in [5, 5.41) is 8.89. The van der Waals surface area contributed by atoms with Gasteiger partial charge in [-0.25, -0.2) is 0 Å². The molecule has 2 rings (SSSR count). The van der Waals surface area contributed by atoms with Gasteiger partial charge in [0.15, 0.2) is 0 Å². The first-order chi connectivity index (χ1) is 9.63. The van der Waals surface area contributed by atoms with Crippen LogP contribution in [0.25, 0.3) is 0 Å². The number of likely N-dealkylation sites (tertiary alicyclic amines) is 1. The van der Waals surface area contributed by atoms with Gasteiger partial charge >= 0.3 is 5.97 Å². The Morgan fingerprint density at radius 1 is 1.55 bits per heavy atom. The molecule has 0 N–H and O–H groups in total. The summed E-state index contributed by atoms with van der Waals surface area (Å²) in [5.41, 5.74) is 3.04. The minimum absolute atomic E-state index is 0.00700. The Labute approximate surface area is 120 Å². The van der Waals surface area contributed by atoms with Gasteiger partial charge in [0.05, 0.1) is 24.7 Å². The standard InChI is InChI=1S/C16H20N2O2/c1-12-8-13(9-17)5-6-14(12)10-18-7-3-4-15(11-18)16(19)20-2/h5-6,8,15H,3-4,7,10-11H2,1-2H3. The number of carbonyl (C=O) groups is 1. The topological polar surface area (TPSA) is 53.3 Å². The molecular weight excluding hydrogens is 252 g/mol. The fraction of sp³-hybridized carbons (Fsp3) is 0.500. The number of hydrogen-bond acceptors (Lipinski definition) is 4. The number of esters is 1. The van der Waals surface area contributed by atoms with E-state index in [0.29, 0.717) is 5.56 Å². The zero-order chi connectivity index (χ0) is 14.5. The van der Waals surface area contributed by atoms with Gasteiger partial charge < -0.3 is 4.74 Å². The van der Waals surface area contributed by atoms with Gasteiger partial charge in [0, 0.05) is 13.1 Å². The molecule has 1 aliphatic heterocycles. The number of methoxy groups -OCH3 is 1. The Kier molecular flexibility index (Phi) is 4.75. The van der Waals surface area contributed by atoms with Crippen LogP contribution >= 0.6 is 0 Å². The summed E-state index contributed by atoms with van der Waals surface area (Å²) >= 11 is 0. The molecule has 1 heterocycles. The lowest BCUT2D eigenvalue weighted by molar-refractivity contribution is -0.147. The summed E-state index contributed by atoms with van der Waals surface area (Å²) in [6.07, 6.45) is 1.94. The second kappa shape index (κ2) is 6.53. The van der Waals surface area contributed by atoms with Gasteiger partial charge in [-0.2, -0.15) is 5.26 Å². The highest BCUT2D eigenvalue weighted by Gasteiger charge is 2.26. The number of benzene rings is 1. The quantitative estimate of drug-likeness (QED) is 0.792. The first kappa shape index (κ1) is 14.5. The molecule has 0 bridgehead atoms. The molecule has 0 aromatic heterocycles. The van der Waals surface area contributed by atoms with E-state index in [1.165, 1.54) is 12.7 Å². The van der Waals surface area contributed by atoms with Gasteiger partial charge in [-0.1, -0.05) is 6.07 Å². The minimum Gasteiger partial charge on any atom is -0.469 e. The van der Waals surface area contributed by atoms with Gasteiger partial charge in [0.1, 0.15) is 0 Å². The maximum absolute atomic E-state index is 11.6. The van der Waals surface area contributed by atoms with Crippen molar-refractivity contribution in [1.29, 1.82) is 5.26 Å². The summed E-state index contributed by atoms with van der Waals surface area (Å²) in [7, 11) is 1.45. The number of nitrogens with zero attached hydrogens (tertiary/aromatic N) is 2. The highest BCUT2D eigenvalue weighted by Crippen LogP contribution is 2.21. The van der Waals surface area contributed by atoms with Crippen LogP contribution in [-0.4, -0.2) is 31.1 Å². The molecule has 0 saturated carbocycles. The van der Waals surface area contributed by atoms with E-state index < -0.39 is 0 Å². The zero-order valence-electron chi connectivity index (χ0n) is 12.1. The first-order valence-electron chi connectivity index (χ1n) is 6.94. The summed E-state index contributed by atoms with van der Waals surface area (Å²) in [5.74, 6) is -0.112. The first-order valence-corrected chi connectivity index (χ1v) is 6.94. The molecule has 1 aromatic rings. The number of rotatable bonds is 3. The molecule has 1 fully saturated rings. The van der Waals surface area contributed by atoms with Crippen molar-refractivity contribution >= 4 is 5.97 Å². The maximum Gasteiger partial charge on any atom is 0.309 e. The van der Waals surface area contributed by atoms with Crippen molar-refractivity contribution in [2.24, 2.45) is 5.92 Å². The molecule has 1 saturated heterocycles. The number of ether oxygens (including phenoxy) is 1. The third-order valence-electron chi connectivity index (χ3n) is 3.91. The second-order valence-corrected chi connectivity index (χ2v) is 5.35. The largest absolute Gasteiger partial charge is 0.469 e. The lowest BCUT2D eigenvalue weighted by Crippen LogP contribution is -2.38. The minimum atomic E-state index is -0.105.